The van der Waals surface area contributed by atoms with Crippen molar-refractivity contribution in [2.75, 3.05) is 26.2 Å². The number of phenolic OH excluding ortho intramolecular Hbond substituents is 1. The fraction of sp³-hybridized carbons (Fsp3) is 0.524. The fourth-order valence-corrected chi connectivity index (χ4v) is 4.58. The van der Waals surface area contributed by atoms with Crippen molar-refractivity contribution in [3.8, 4) is 17.0 Å². The van der Waals surface area contributed by atoms with Crippen LogP contribution in [0.4, 0.5) is 0 Å². The number of aromatic nitrogens is 3. The van der Waals surface area contributed by atoms with E-state index in [2.05, 4.69) is 25.8 Å². The van der Waals surface area contributed by atoms with Crippen LogP contribution in [-0.4, -0.2) is 69.0 Å². The van der Waals surface area contributed by atoms with E-state index in [0.29, 0.717) is 25.0 Å². The lowest BCUT2D eigenvalue weighted by Gasteiger charge is -2.49. The highest BCUT2D eigenvalue weighted by Gasteiger charge is 2.43. The molecule has 3 N–H and O–H groups in total. The summed E-state index contributed by atoms with van der Waals surface area (Å²) in [7, 11) is 0. The van der Waals surface area contributed by atoms with Gasteiger partial charge < -0.3 is 15.7 Å². The highest BCUT2D eigenvalue weighted by molar-refractivity contribution is 5.79. The van der Waals surface area contributed by atoms with Crippen molar-refractivity contribution in [3.63, 3.8) is 0 Å². The van der Waals surface area contributed by atoms with Crippen molar-refractivity contribution in [1.29, 1.82) is 0 Å². The fourth-order valence-electron chi connectivity index (χ4n) is 4.58. The molecule has 0 radical (unpaired) electrons. The van der Waals surface area contributed by atoms with Gasteiger partial charge in [-0.3, -0.25) is 19.2 Å². The second kappa shape index (κ2) is 8.83. The molecular formula is C21H28N6O3. The average molecular weight is 412 g/mol. The van der Waals surface area contributed by atoms with Crippen molar-refractivity contribution in [1.82, 2.24) is 30.5 Å². The van der Waals surface area contributed by atoms with E-state index >= 15 is 0 Å². The largest absolute Gasteiger partial charge is 0.508 e. The van der Waals surface area contributed by atoms with E-state index < -0.39 is 0 Å². The maximum atomic E-state index is 12.6. The maximum Gasteiger partial charge on any atom is 0.224 e. The molecule has 0 spiro atoms. The number of nitrogens with one attached hydrogen (secondary N) is 2. The number of phenols is 1. The summed E-state index contributed by atoms with van der Waals surface area (Å²) < 4.78 is 1.85. The van der Waals surface area contributed by atoms with Gasteiger partial charge in [0.25, 0.3) is 0 Å². The number of benzene rings is 1. The second-order valence-electron chi connectivity index (χ2n) is 8.19. The molecule has 5 rings (SSSR count). The van der Waals surface area contributed by atoms with Gasteiger partial charge in [0, 0.05) is 38.2 Å². The van der Waals surface area contributed by atoms with Crippen LogP contribution in [0.2, 0.25) is 0 Å². The van der Waals surface area contributed by atoms with Crippen LogP contribution in [0.1, 0.15) is 19.8 Å². The Balaban J connectivity index is 1.32. The summed E-state index contributed by atoms with van der Waals surface area (Å²) in [5.74, 6) is 0.579. The first kappa shape index (κ1) is 20.3. The Labute approximate surface area is 175 Å². The van der Waals surface area contributed by atoms with Crippen LogP contribution in [-0.2, 0) is 16.1 Å². The number of carbonyl (C=O) groups is 2. The number of hydrogen-bond donors (Lipinski definition) is 3. The molecule has 9 nitrogen and oxygen atoms in total. The third kappa shape index (κ3) is 4.62. The van der Waals surface area contributed by atoms with E-state index in [-0.39, 0.29) is 23.5 Å². The Hall–Kier alpha value is -2.94. The van der Waals surface area contributed by atoms with E-state index in [1.54, 1.807) is 18.2 Å². The monoisotopic (exact) mass is 412 g/mol. The minimum Gasteiger partial charge on any atom is -0.508 e. The molecule has 3 fully saturated rings. The molecule has 2 amide bonds. The van der Waals surface area contributed by atoms with Crippen LogP contribution >= 0.6 is 0 Å². The summed E-state index contributed by atoms with van der Waals surface area (Å²) in [6, 6.07) is 7.33. The van der Waals surface area contributed by atoms with E-state index in [9.17, 15) is 14.7 Å². The zero-order valence-corrected chi connectivity index (χ0v) is 17.1. The first-order valence-corrected chi connectivity index (χ1v) is 10.5. The molecule has 2 bridgehead atoms. The normalized spacial score (nSPS) is 25.1. The summed E-state index contributed by atoms with van der Waals surface area (Å²) >= 11 is 0. The quantitative estimate of drug-likeness (QED) is 0.575. The SMILES string of the molecule is CC(=O)NCCNC(=O)[C@H]1CN2CC[C@H]1C[C@@H]2Cn1cc(-c2cccc(O)c2)nn1. The molecule has 0 saturated carbocycles. The van der Waals surface area contributed by atoms with Crippen molar-refractivity contribution < 1.29 is 14.7 Å². The third-order valence-corrected chi connectivity index (χ3v) is 6.09. The van der Waals surface area contributed by atoms with Crippen LogP contribution in [0.15, 0.2) is 30.5 Å². The summed E-state index contributed by atoms with van der Waals surface area (Å²) in [5, 5.41) is 23.8. The van der Waals surface area contributed by atoms with Gasteiger partial charge in [-0.25, -0.2) is 0 Å². The first-order chi connectivity index (χ1) is 14.5. The molecule has 1 unspecified atom stereocenters. The van der Waals surface area contributed by atoms with E-state index in [4.69, 9.17) is 0 Å². The Kier molecular flexibility index (Phi) is 5.98. The van der Waals surface area contributed by atoms with E-state index in [0.717, 1.165) is 43.7 Å². The van der Waals surface area contributed by atoms with Gasteiger partial charge in [0.2, 0.25) is 11.8 Å². The molecule has 0 aliphatic carbocycles. The Morgan fingerprint density at radius 1 is 1.27 bits per heavy atom. The number of hydrogen-bond acceptors (Lipinski definition) is 6. The standard InChI is InChI=1S/C21H28N6O3/c1-14(28)22-6-7-23-21(30)19-12-26-8-5-15(19)9-17(26)11-27-13-20(24-25-27)16-3-2-4-18(29)10-16/h2-4,10,13,15,17,19,29H,5-9,11-12H2,1H3,(H,22,28)(H,23,30)/t15-,17+,19-/m0/s1. The van der Waals surface area contributed by atoms with Crippen LogP contribution in [0.25, 0.3) is 11.3 Å². The van der Waals surface area contributed by atoms with Crippen LogP contribution < -0.4 is 10.6 Å². The molecule has 3 saturated heterocycles. The van der Waals surface area contributed by atoms with Gasteiger partial charge in [0.1, 0.15) is 11.4 Å². The van der Waals surface area contributed by atoms with Gasteiger partial charge in [-0.15, -0.1) is 5.10 Å². The summed E-state index contributed by atoms with van der Waals surface area (Å²) in [6.07, 6.45) is 3.90. The van der Waals surface area contributed by atoms with Gasteiger partial charge in [-0.05, 0) is 37.4 Å². The zero-order valence-electron chi connectivity index (χ0n) is 17.1. The highest BCUT2D eigenvalue weighted by atomic mass is 16.3. The maximum absolute atomic E-state index is 12.6. The zero-order chi connectivity index (χ0) is 21.1. The number of nitrogens with zero attached hydrogens (tertiary/aromatic N) is 4. The number of amides is 2. The molecule has 1 aromatic heterocycles. The van der Waals surface area contributed by atoms with Crippen molar-refractivity contribution >= 4 is 11.8 Å². The highest BCUT2D eigenvalue weighted by Crippen LogP contribution is 2.37. The van der Waals surface area contributed by atoms with Crippen molar-refractivity contribution in [2.45, 2.75) is 32.4 Å². The lowest BCUT2D eigenvalue weighted by Crippen LogP contribution is -2.58. The Bertz CT molecular complexity index is 914. The second-order valence-corrected chi connectivity index (χ2v) is 8.19. The first-order valence-electron chi connectivity index (χ1n) is 10.5. The topological polar surface area (TPSA) is 112 Å². The number of carbonyl (C=O) groups excluding carboxylic acids is 2. The predicted molar refractivity (Wildman–Crippen MR) is 110 cm³/mol. The molecule has 1 aromatic carbocycles. The summed E-state index contributed by atoms with van der Waals surface area (Å²) in [6.45, 7) is 4.88. The van der Waals surface area contributed by atoms with Crippen molar-refractivity contribution in [3.05, 3.63) is 30.5 Å². The average Bonchev–Trinajstić information content (AvgIpc) is 3.20. The number of rotatable bonds is 7. The lowest BCUT2D eigenvalue weighted by molar-refractivity contribution is -0.133. The number of piperidine rings is 3. The van der Waals surface area contributed by atoms with Crippen LogP contribution in [0.5, 0.6) is 5.75 Å². The number of aromatic hydroxyl groups is 1. The molecule has 3 aliphatic heterocycles. The van der Waals surface area contributed by atoms with Gasteiger partial charge in [0.15, 0.2) is 0 Å². The molecule has 4 atom stereocenters. The number of fused-ring (bicyclic) bond motifs is 3. The van der Waals surface area contributed by atoms with Crippen LogP contribution in [0.3, 0.4) is 0 Å². The lowest BCUT2D eigenvalue weighted by atomic mass is 9.75. The minimum atomic E-state index is -0.0877. The molecule has 9 heteroatoms. The molecule has 2 aromatic rings. The summed E-state index contributed by atoms with van der Waals surface area (Å²) in [5.41, 5.74) is 1.57. The predicted octanol–water partition coefficient (Wildman–Crippen LogP) is 0.613. The summed E-state index contributed by atoms with van der Waals surface area (Å²) in [4.78, 5) is 25.9. The molecule has 160 valence electrons. The molecule has 3 aliphatic rings. The van der Waals surface area contributed by atoms with Crippen molar-refractivity contribution in [2.24, 2.45) is 11.8 Å². The minimum absolute atomic E-state index is 0.00549. The van der Waals surface area contributed by atoms with Crippen LogP contribution in [0, 0.1) is 11.8 Å². The van der Waals surface area contributed by atoms with Gasteiger partial charge >= 0.3 is 0 Å². The Morgan fingerprint density at radius 3 is 2.83 bits per heavy atom. The molecule has 4 heterocycles. The van der Waals surface area contributed by atoms with E-state index in [1.165, 1.54) is 6.92 Å². The molecular weight excluding hydrogens is 384 g/mol. The van der Waals surface area contributed by atoms with Gasteiger partial charge in [-0.1, -0.05) is 17.3 Å². The van der Waals surface area contributed by atoms with Gasteiger partial charge in [-0.2, -0.15) is 0 Å². The Morgan fingerprint density at radius 2 is 2.10 bits per heavy atom. The smallest absolute Gasteiger partial charge is 0.224 e. The van der Waals surface area contributed by atoms with E-state index in [1.807, 2.05) is 16.9 Å². The third-order valence-electron chi connectivity index (χ3n) is 6.09. The molecule has 30 heavy (non-hydrogen) atoms. The van der Waals surface area contributed by atoms with Gasteiger partial charge in [0.05, 0.1) is 18.7 Å².